The predicted octanol–water partition coefficient (Wildman–Crippen LogP) is 6.39. The molecule has 0 bridgehead atoms. The smallest absolute Gasteiger partial charge is 0.416 e. The highest BCUT2D eigenvalue weighted by Crippen LogP contribution is 2.41. The van der Waals surface area contributed by atoms with Crippen LogP contribution in [0.1, 0.15) is 36.1 Å². The number of para-hydroxylation sites is 1. The van der Waals surface area contributed by atoms with E-state index in [1.807, 2.05) is 24.0 Å². The largest absolute Gasteiger partial charge is 0.437 e. The van der Waals surface area contributed by atoms with Gasteiger partial charge in [0.2, 0.25) is 17.7 Å². The molecule has 1 aliphatic heterocycles. The average Bonchev–Trinajstić information content (AvgIpc) is 2.92. The van der Waals surface area contributed by atoms with Crippen molar-refractivity contribution in [1.29, 1.82) is 0 Å². The van der Waals surface area contributed by atoms with Crippen molar-refractivity contribution in [1.82, 2.24) is 9.97 Å². The number of anilines is 2. The van der Waals surface area contributed by atoms with Gasteiger partial charge in [-0.3, -0.25) is 4.79 Å². The number of alkyl halides is 6. The number of rotatable bonds is 6. The number of benzene rings is 2. The molecule has 220 valence electrons. The van der Waals surface area contributed by atoms with E-state index in [2.05, 4.69) is 9.97 Å². The standard InChI is InChI=1S/C28H28F6N4O3/c1-17-7-5-6-8-22(17)41-23-21(16-35-25(36-23)38-9-11-40-12-10-38)37(4)24(39)26(2,3)18-13-19(27(29,30)31)15-20(14-18)28(32,33)34/h5-8,13-16H,9-12H2,1-4H3. The number of carbonyl (C=O) groups excluding carboxylic acids is 1. The number of hydrogen-bond donors (Lipinski definition) is 0. The van der Waals surface area contributed by atoms with Gasteiger partial charge < -0.3 is 19.3 Å². The summed E-state index contributed by atoms with van der Waals surface area (Å²) < 4.78 is 92.6. The first-order valence-electron chi connectivity index (χ1n) is 12.6. The van der Waals surface area contributed by atoms with Crippen molar-refractivity contribution in [3.8, 4) is 11.6 Å². The molecule has 41 heavy (non-hydrogen) atoms. The lowest BCUT2D eigenvalue weighted by atomic mass is 9.81. The Bertz CT molecular complexity index is 1390. The van der Waals surface area contributed by atoms with Gasteiger partial charge >= 0.3 is 12.4 Å². The lowest BCUT2D eigenvalue weighted by Gasteiger charge is -2.32. The van der Waals surface area contributed by atoms with E-state index in [1.165, 1.54) is 27.1 Å². The normalized spacial score (nSPS) is 14.6. The van der Waals surface area contributed by atoms with E-state index in [0.717, 1.165) is 10.5 Å². The molecule has 1 saturated heterocycles. The third-order valence-electron chi connectivity index (χ3n) is 6.83. The molecule has 1 aliphatic rings. The van der Waals surface area contributed by atoms with Crippen LogP contribution >= 0.6 is 0 Å². The maximum absolute atomic E-state index is 13.8. The molecule has 2 aromatic carbocycles. The second-order valence-corrected chi connectivity index (χ2v) is 10.1. The summed E-state index contributed by atoms with van der Waals surface area (Å²) in [6, 6.07) is 8.21. The Kier molecular flexibility index (Phi) is 8.21. The van der Waals surface area contributed by atoms with Crippen molar-refractivity contribution in [3.63, 3.8) is 0 Å². The molecule has 0 N–H and O–H groups in total. The third-order valence-corrected chi connectivity index (χ3v) is 6.83. The van der Waals surface area contributed by atoms with Crippen LogP contribution in [0, 0.1) is 6.92 Å². The van der Waals surface area contributed by atoms with Crippen molar-refractivity contribution in [3.05, 3.63) is 70.9 Å². The number of hydrogen-bond acceptors (Lipinski definition) is 6. The molecule has 3 aromatic rings. The maximum Gasteiger partial charge on any atom is 0.416 e. The molecule has 0 unspecified atom stereocenters. The van der Waals surface area contributed by atoms with Gasteiger partial charge in [0.25, 0.3) is 0 Å². The van der Waals surface area contributed by atoms with Gasteiger partial charge in [0, 0.05) is 20.1 Å². The molecule has 13 heteroatoms. The highest BCUT2D eigenvalue weighted by molar-refractivity contribution is 6.01. The molecule has 1 amide bonds. The number of aromatic nitrogens is 2. The van der Waals surface area contributed by atoms with Crippen molar-refractivity contribution in [2.45, 2.75) is 38.5 Å². The number of ether oxygens (including phenoxy) is 2. The average molecular weight is 583 g/mol. The zero-order chi connectivity index (χ0) is 30.2. The molecular weight excluding hydrogens is 554 g/mol. The van der Waals surface area contributed by atoms with Gasteiger partial charge in [0.05, 0.1) is 36.0 Å². The van der Waals surface area contributed by atoms with Crippen LogP contribution in [0.25, 0.3) is 0 Å². The second-order valence-electron chi connectivity index (χ2n) is 10.1. The van der Waals surface area contributed by atoms with E-state index < -0.39 is 40.4 Å². The van der Waals surface area contributed by atoms with E-state index in [9.17, 15) is 31.1 Å². The first-order chi connectivity index (χ1) is 19.1. The summed E-state index contributed by atoms with van der Waals surface area (Å²) in [5.41, 5.74) is -4.45. The summed E-state index contributed by atoms with van der Waals surface area (Å²) in [6.07, 6.45) is -8.77. The molecule has 1 fully saturated rings. The lowest BCUT2D eigenvalue weighted by molar-refractivity contribution is -0.143. The summed E-state index contributed by atoms with van der Waals surface area (Å²) in [5, 5.41) is 0. The summed E-state index contributed by atoms with van der Waals surface area (Å²) in [7, 11) is 1.33. The fourth-order valence-electron chi connectivity index (χ4n) is 4.31. The van der Waals surface area contributed by atoms with Crippen LogP contribution in [0.3, 0.4) is 0 Å². The molecule has 0 aliphatic carbocycles. The minimum absolute atomic E-state index is 0.0116. The summed E-state index contributed by atoms with van der Waals surface area (Å²) in [5.74, 6) is -0.0635. The van der Waals surface area contributed by atoms with E-state index >= 15 is 0 Å². The first kappa shape index (κ1) is 30.1. The Hall–Kier alpha value is -3.87. The summed E-state index contributed by atoms with van der Waals surface area (Å²) in [6.45, 7) is 6.27. The Morgan fingerprint density at radius 3 is 2.07 bits per heavy atom. The van der Waals surface area contributed by atoms with Crippen molar-refractivity contribution < 1.29 is 40.6 Å². The number of likely N-dealkylation sites (N-methyl/N-ethyl adjacent to an activating group) is 1. The Labute approximate surface area is 232 Å². The molecule has 2 heterocycles. The van der Waals surface area contributed by atoms with Crippen LogP contribution in [0.15, 0.2) is 48.7 Å². The van der Waals surface area contributed by atoms with E-state index in [4.69, 9.17) is 9.47 Å². The zero-order valence-corrected chi connectivity index (χ0v) is 22.7. The molecular formula is C28H28F6N4O3. The highest BCUT2D eigenvalue weighted by atomic mass is 19.4. The summed E-state index contributed by atoms with van der Waals surface area (Å²) in [4.78, 5) is 25.6. The van der Waals surface area contributed by atoms with Crippen LogP contribution in [0.2, 0.25) is 0 Å². The lowest BCUT2D eigenvalue weighted by Crippen LogP contribution is -2.42. The van der Waals surface area contributed by atoms with Gasteiger partial charge in [-0.25, -0.2) is 4.98 Å². The van der Waals surface area contributed by atoms with Gasteiger partial charge in [-0.1, -0.05) is 18.2 Å². The fraction of sp³-hybridized carbons (Fsp3) is 0.393. The van der Waals surface area contributed by atoms with E-state index in [0.29, 0.717) is 50.1 Å². The monoisotopic (exact) mass is 582 g/mol. The quantitative estimate of drug-likeness (QED) is 0.314. The molecule has 1 aromatic heterocycles. The van der Waals surface area contributed by atoms with Gasteiger partial charge in [-0.05, 0) is 56.2 Å². The molecule has 0 saturated carbocycles. The number of morpholine rings is 1. The van der Waals surface area contributed by atoms with E-state index in [1.54, 1.807) is 12.1 Å². The number of halogens is 6. The van der Waals surface area contributed by atoms with Crippen molar-refractivity contribution in [2.24, 2.45) is 0 Å². The Balaban J connectivity index is 1.76. The van der Waals surface area contributed by atoms with Crippen LogP contribution < -0.4 is 14.5 Å². The van der Waals surface area contributed by atoms with Crippen LogP contribution in [-0.4, -0.2) is 49.2 Å². The second kappa shape index (κ2) is 11.2. The summed E-state index contributed by atoms with van der Waals surface area (Å²) >= 11 is 0. The SMILES string of the molecule is Cc1ccccc1Oc1nc(N2CCOCC2)ncc1N(C)C(=O)C(C)(C)c1cc(C(F)(F)F)cc(C(F)(F)F)c1. The number of carbonyl (C=O) groups is 1. The topological polar surface area (TPSA) is 67.8 Å². The molecule has 0 radical (unpaired) electrons. The molecule has 7 nitrogen and oxygen atoms in total. The predicted molar refractivity (Wildman–Crippen MR) is 139 cm³/mol. The van der Waals surface area contributed by atoms with Crippen LogP contribution in [0.5, 0.6) is 11.6 Å². The van der Waals surface area contributed by atoms with Crippen LogP contribution in [-0.2, 0) is 27.3 Å². The number of nitrogens with zero attached hydrogens (tertiary/aromatic N) is 4. The van der Waals surface area contributed by atoms with Gasteiger partial charge in [-0.15, -0.1) is 0 Å². The molecule has 4 rings (SSSR count). The zero-order valence-electron chi connectivity index (χ0n) is 22.7. The minimum atomic E-state index is -5.06. The Morgan fingerprint density at radius 1 is 0.951 bits per heavy atom. The molecule has 0 spiro atoms. The maximum atomic E-state index is 13.8. The molecule has 0 atom stereocenters. The first-order valence-corrected chi connectivity index (χ1v) is 12.6. The van der Waals surface area contributed by atoms with Gasteiger partial charge in [-0.2, -0.15) is 31.3 Å². The fourth-order valence-corrected chi connectivity index (χ4v) is 4.31. The Morgan fingerprint density at radius 2 is 1.51 bits per heavy atom. The number of amides is 1. The van der Waals surface area contributed by atoms with Gasteiger partial charge in [0.1, 0.15) is 11.4 Å². The van der Waals surface area contributed by atoms with Crippen molar-refractivity contribution in [2.75, 3.05) is 43.2 Å². The van der Waals surface area contributed by atoms with Crippen molar-refractivity contribution >= 4 is 17.5 Å². The van der Waals surface area contributed by atoms with Gasteiger partial charge in [0.15, 0.2) is 0 Å². The minimum Gasteiger partial charge on any atom is -0.437 e. The highest BCUT2D eigenvalue weighted by Gasteiger charge is 2.41. The number of aryl methyl sites for hydroxylation is 1. The van der Waals surface area contributed by atoms with E-state index in [-0.39, 0.29) is 17.6 Å². The van der Waals surface area contributed by atoms with Crippen LogP contribution in [0.4, 0.5) is 38.0 Å². The third kappa shape index (κ3) is 6.55.